The summed E-state index contributed by atoms with van der Waals surface area (Å²) in [4.78, 5) is 24.7. The van der Waals surface area contributed by atoms with Crippen molar-refractivity contribution in [3.63, 3.8) is 0 Å². The fraction of sp³-hybridized carbons (Fsp3) is 0.261. The van der Waals surface area contributed by atoms with Gasteiger partial charge in [-0.2, -0.15) is 5.10 Å². The minimum Gasteiger partial charge on any atom is -0.465 e. The second-order valence-electron chi connectivity index (χ2n) is 7.38. The molecular formula is C23H23FN4O3. The molecule has 2 aromatic carbocycles. The number of hydrogen-bond donors (Lipinski definition) is 2. The van der Waals surface area contributed by atoms with Crippen molar-refractivity contribution in [2.24, 2.45) is 0 Å². The van der Waals surface area contributed by atoms with Gasteiger partial charge in [0.25, 0.3) is 5.91 Å². The van der Waals surface area contributed by atoms with Gasteiger partial charge in [-0.25, -0.2) is 13.9 Å². The highest BCUT2D eigenvalue weighted by molar-refractivity contribution is 6.05. The standard InChI is InChI=1S/C23H23FN4O3/c1-31-23(30)16-5-7-18(8-6-16)27-22(29)20-14-26-28(19-4-2-3-17(24)13-19)21(20)15-9-11-25-12-10-15/h2-8,13-15,25H,9-12H2,1H3,(H,27,29). The number of nitrogens with one attached hydrogen (secondary N) is 2. The fourth-order valence-corrected chi connectivity index (χ4v) is 3.84. The number of ether oxygens (including phenoxy) is 1. The Labute approximate surface area is 179 Å². The molecule has 4 rings (SSSR count). The van der Waals surface area contributed by atoms with Gasteiger partial charge in [0.2, 0.25) is 0 Å². The maximum atomic E-state index is 13.8. The number of carbonyl (C=O) groups excluding carboxylic acids is 2. The molecule has 1 aromatic heterocycles. The summed E-state index contributed by atoms with van der Waals surface area (Å²) in [5, 5.41) is 10.6. The first kappa shape index (κ1) is 20.7. The predicted octanol–water partition coefficient (Wildman–Crippen LogP) is 3.52. The van der Waals surface area contributed by atoms with Crippen LogP contribution in [0.3, 0.4) is 0 Å². The van der Waals surface area contributed by atoms with Gasteiger partial charge in [-0.15, -0.1) is 0 Å². The molecule has 0 atom stereocenters. The highest BCUT2D eigenvalue weighted by Crippen LogP contribution is 2.31. The summed E-state index contributed by atoms with van der Waals surface area (Å²) in [5.41, 5.74) is 2.75. The quantitative estimate of drug-likeness (QED) is 0.615. The molecule has 0 bridgehead atoms. The number of nitrogens with zero attached hydrogens (tertiary/aromatic N) is 2. The van der Waals surface area contributed by atoms with E-state index in [1.54, 1.807) is 41.1 Å². The van der Waals surface area contributed by atoms with Crippen LogP contribution in [0.25, 0.3) is 5.69 Å². The highest BCUT2D eigenvalue weighted by Gasteiger charge is 2.27. The van der Waals surface area contributed by atoms with Crippen molar-refractivity contribution in [2.45, 2.75) is 18.8 Å². The molecule has 0 radical (unpaired) electrons. The zero-order valence-electron chi connectivity index (χ0n) is 17.1. The SMILES string of the molecule is COC(=O)c1ccc(NC(=O)c2cnn(-c3cccc(F)c3)c2C2CCNCC2)cc1. The van der Waals surface area contributed by atoms with Crippen LogP contribution in [0.4, 0.5) is 10.1 Å². The number of hydrogen-bond acceptors (Lipinski definition) is 5. The van der Waals surface area contributed by atoms with Crippen LogP contribution < -0.4 is 10.6 Å². The lowest BCUT2D eigenvalue weighted by atomic mass is 9.91. The minimum atomic E-state index is -0.442. The van der Waals surface area contributed by atoms with E-state index in [1.165, 1.54) is 25.4 Å². The van der Waals surface area contributed by atoms with Crippen LogP contribution in [0.15, 0.2) is 54.7 Å². The maximum absolute atomic E-state index is 13.8. The molecule has 160 valence electrons. The van der Waals surface area contributed by atoms with Crippen molar-refractivity contribution in [1.29, 1.82) is 0 Å². The summed E-state index contributed by atoms with van der Waals surface area (Å²) in [6.45, 7) is 1.68. The molecule has 1 saturated heterocycles. The molecule has 31 heavy (non-hydrogen) atoms. The first-order valence-electron chi connectivity index (χ1n) is 10.1. The van der Waals surface area contributed by atoms with Gasteiger partial charge in [0.05, 0.1) is 35.8 Å². The minimum absolute atomic E-state index is 0.120. The first-order chi connectivity index (χ1) is 15.1. The topological polar surface area (TPSA) is 85.2 Å². The maximum Gasteiger partial charge on any atom is 0.337 e. The molecule has 0 saturated carbocycles. The van der Waals surface area contributed by atoms with E-state index in [2.05, 4.69) is 15.7 Å². The molecular weight excluding hydrogens is 399 g/mol. The Balaban J connectivity index is 1.65. The summed E-state index contributed by atoms with van der Waals surface area (Å²) in [6.07, 6.45) is 3.24. The Morgan fingerprint density at radius 1 is 1.16 bits per heavy atom. The molecule has 1 amide bonds. The fourth-order valence-electron chi connectivity index (χ4n) is 3.84. The molecule has 0 aliphatic carbocycles. The third-order valence-electron chi connectivity index (χ3n) is 5.39. The van der Waals surface area contributed by atoms with E-state index in [9.17, 15) is 14.0 Å². The van der Waals surface area contributed by atoms with Crippen LogP contribution in [0.2, 0.25) is 0 Å². The lowest BCUT2D eigenvalue weighted by molar-refractivity contribution is 0.0600. The average molecular weight is 422 g/mol. The third kappa shape index (κ3) is 4.49. The first-order valence-corrected chi connectivity index (χ1v) is 10.1. The van der Waals surface area contributed by atoms with E-state index in [-0.39, 0.29) is 17.6 Å². The van der Waals surface area contributed by atoms with Crippen LogP contribution in [0.5, 0.6) is 0 Å². The van der Waals surface area contributed by atoms with Gasteiger partial charge < -0.3 is 15.4 Å². The van der Waals surface area contributed by atoms with E-state index in [0.717, 1.165) is 31.6 Å². The Bertz CT molecular complexity index is 1090. The third-order valence-corrected chi connectivity index (χ3v) is 5.39. The smallest absolute Gasteiger partial charge is 0.337 e. The second-order valence-corrected chi connectivity index (χ2v) is 7.38. The number of esters is 1. The number of anilines is 1. The van der Waals surface area contributed by atoms with Crippen LogP contribution in [-0.2, 0) is 4.74 Å². The second kappa shape index (κ2) is 9.09. The van der Waals surface area contributed by atoms with E-state index >= 15 is 0 Å². The Morgan fingerprint density at radius 2 is 1.90 bits per heavy atom. The summed E-state index contributed by atoms with van der Waals surface area (Å²) < 4.78 is 20.2. The van der Waals surface area contributed by atoms with E-state index in [1.807, 2.05) is 0 Å². The van der Waals surface area contributed by atoms with Crippen molar-refractivity contribution in [3.8, 4) is 5.69 Å². The number of amides is 1. The van der Waals surface area contributed by atoms with Gasteiger partial charge in [0, 0.05) is 11.6 Å². The molecule has 0 unspecified atom stereocenters. The van der Waals surface area contributed by atoms with Gasteiger partial charge >= 0.3 is 5.97 Å². The van der Waals surface area contributed by atoms with Crippen molar-refractivity contribution >= 4 is 17.6 Å². The largest absolute Gasteiger partial charge is 0.465 e. The number of rotatable bonds is 5. The van der Waals surface area contributed by atoms with Crippen LogP contribution >= 0.6 is 0 Å². The summed E-state index contributed by atoms with van der Waals surface area (Å²) >= 11 is 0. The normalized spacial score (nSPS) is 14.3. The lowest BCUT2D eigenvalue weighted by Gasteiger charge is -2.24. The van der Waals surface area contributed by atoms with Gasteiger partial charge in [-0.05, 0) is 68.4 Å². The van der Waals surface area contributed by atoms with E-state index in [4.69, 9.17) is 4.74 Å². The Kier molecular flexibility index (Phi) is 6.08. The molecule has 1 fully saturated rings. The monoisotopic (exact) mass is 422 g/mol. The summed E-state index contributed by atoms with van der Waals surface area (Å²) in [5.74, 6) is -0.986. The van der Waals surface area contributed by atoms with E-state index < -0.39 is 5.97 Å². The molecule has 1 aliphatic heterocycles. The number of methoxy groups -OCH3 is 1. The molecule has 3 aromatic rings. The zero-order valence-corrected chi connectivity index (χ0v) is 17.1. The summed E-state index contributed by atoms with van der Waals surface area (Å²) in [7, 11) is 1.32. The van der Waals surface area contributed by atoms with Crippen LogP contribution in [0.1, 0.15) is 45.2 Å². The number of piperidine rings is 1. The van der Waals surface area contributed by atoms with Crippen molar-refractivity contribution in [3.05, 3.63) is 77.4 Å². The number of carbonyl (C=O) groups is 2. The molecule has 8 heteroatoms. The van der Waals surface area contributed by atoms with Gasteiger partial charge in [-0.1, -0.05) is 6.07 Å². The zero-order chi connectivity index (χ0) is 21.8. The summed E-state index contributed by atoms with van der Waals surface area (Å²) in [6, 6.07) is 12.6. The molecule has 1 aliphatic rings. The lowest BCUT2D eigenvalue weighted by Crippen LogP contribution is -2.29. The average Bonchev–Trinajstić information content (AvgIpc) is 3.25. The Morgan fingerprint density at radius 3 is 2.58 bits per heavy atom. The van der Waals surface area contributed by atoms with Crippen molar-refractivity contribution < 1.29 is 18.7 Å². The van der Waals surface area contributed by atoms with Gasteiger partial charge in [0.1, 0.15) is 5.82 Å². The van der Waals surface area contributed by atoms with Crippen LogP contribution in [0, 0.1) is 5.82 Å². The molecule has 0 spiro atoms. The highest BCUT2D eigenvalue weighted by atomic mass is 19.1. The molecule has 2 N–H and O–H groups in total. The Hall–Kier alpha value is -3.52. The predicted molar refractivity (Wildman–Crippen MR) is 114 cm³/mol. The van der Waals surface area contributed by atoms with Crippen molar-refractivity contribution in [2.75, 3.05) is 25.5 Å². The molecule has 2 heterocycles. The van der Waals surface area contributed by atoms with Gasteiger partial charge in [-0.3, -0.25) is 4.79 Å². The number of benzene rings is 2. The number of halogens is 1. The van der Waals surface area contributed by atoms with Crippen molar-refractivity contribution in [1.82, 2.24) is 15.1 Å². The van der Waals surface area contributed by atoms with Crippen LogP contribution in [-0.4, -0.2) is 41.9 Å². The molecule has 7 nitrogen and oxygen atoms in total. The van der Waals surface area contributed by atoms with Gasteiger partial charge in [0.15, 0.2) is 0 Å². The van der Waals surface area contributed by atoms with E-state index in [0.29, 0.717) is 22.5 Å². The number of aromatic nitrogens is 2.